The van der Waals surface area contributed by atoms with Gasteiger partial charge in [-0.05, 0) is 60.6 Å². The highest BCUT2D eigenvalue weighted by atomic mass is 32.2. The van der Waals surface area contributed by atoms with Gasteiger partial charge in [-0.3, -0.25) is 4.79 Å². The van der Waals surface area contributed by atoms with Gasteiger partial charge in [0.1, 0.15) is 0 Å². The summed E-state index contributed by atoms with van der Waals surface area (Å²) in [7, 11) is -3.57. The van der Waals surface area contributed by atoms with Crippen LogP contribution in [0.3, 0.4) is 0 Å². The molecule has 0 radical (unpaired) electrons. The second-order valence-electron chi connectivity index (χ2n) is 8.52. The van der Waals surface area contributed by atoms with E-state index in [1.807, 2.05) is 18.2 Å². The standard InChI is InChI=1S/C24H28N2O5S/c1-18-10-14-26(15-11-18)32(29,30)22-8-6-20(7-9-22)24(28)31-17-23(27)25-13-12-19-4-2-3-5-21(19)16-25/h2-9,18H,10-17H2,1H3. The number of carbonyl (C=O) groups excluding carboxylic acids is 2. The number of sulfonamides is 1. The zero-order valence-corrected chi connectivity index (χ0v) is 19.0. The average molecular weight is 457 g/mol. The largest absolute Gasteiger partial charge is 0.452 e. The SMILES string of the molecule is CC1CCN(S(=O)(=O)c2ccc(C(=O)OCC(=O)N3CCc4ccccc4C3)cc2)CC1. The molecule has 8 heteroatoms. The summed E-state index contributed by atoms with van der Waals surface area (Å²) >= 11 is 0. The van der Waals surface area contributed by atoms with Gasteiger partial charge in [0, 0.05) is 26.2 Å². The van der Waals surface area contributed by atoms with Crippen molar-refractivity contribution in [1.29, 1.82) is 0 Å². The van der Waals surface area contributed by atoms with E-state index in [0.717, 1.165) is 24.8 Å². The van der Waals surface area contributed by atoms with Gasteiger partial charge in [-0.2, -0.15) is 4.31 Å². The van der Waals surface area contributed by atoms with Gasteiger partial charge in [0.2, 0.25) is 10.0 Å². The molecule has 4 rings (SSSR count). The first-order valence-corrected chi connectivity index (χ1v) is 12.4. The second-order valence-corrected chi connectivity index (χ2v) is 10.5. The number of carbonyl (C=O) groups is 2. The van der Waals surface area contributed by atoms with Crippen molar-refractivity contribution in [3.8, 4) is 0 Å². The fourth-order valence-corrected chi connectivity index (χ4v) is 5.62. The lowest BCUT2D eigenvalue weighted by Crippen LogP contribution is -2.38. The van der Waals surface area contributed by atoms with Gasteiger partial charge >= 0.3 is 5.97 Å². The van der Waals surface area contributed by atoms with Gasteiger partial charge in [0.15, 0.2) is 6.61 Å². The van der Waals surface area contributed by atoms with Crippen molar-refractivity contribution >= 4 is 21.9 Å². The van der Waals surface area contributed by atoms with Gasteiger partial charge < -0.3 is 9.64 Å². The summed E-state index contributed by atoms with van der Waals surface area (Å²) in [5, 5.41) is 0. The highest BCUT2D eigenvalue weighted by Gasteiger charge is 2.28. The summed E-state index contributed by atoms with van der Waals surface area (Å²) in [6, 6.07) is 13.7. The lowest BCUT2D eigenvalue weighted by atomic mass is 10.00. The summed E-state index contributed by atoms with van der Waals surface area (Å²) < 4.78 is 32.3. The molecule has 2 aromatic carbocycles. The molecule has 2 aliphatic rings. The molecule has 1 amide bonds. The predicted octanol–water partition coefficient (Wildman–Crippen LogP) is 2.85. The van der Waals surface area contributed by atoms with E-state index in [2.05, 4.69) is 13.0 Å². The van der Waals surface area contributed by atoms with Crippen molar-refractivity contribution in [2.45, 2.75) is 37.6 Å². The molecule has 2 aliphatic heterocycles. The van der Waals surface area contributed by atoms with Gasteiger partial charge in [-0.25, -0.2) is 13.2 Å². The van der Waals surface area contributed by atoms with Gasteiger partial charge in [-0.1, -0.05) is 31.2 Å². The average Bonchev–Trinajstić information content (AvgIpc) is 2.82. The molecule has 170 valence electrons. The van der Waals surface area contributed by atoms with Crippen LogP contribution in [-0.2, 0) is 32.5 Å². The first-order valence-electron chi connectivity index (χ1n) is 11.0. The number of nitrogens with zero attached hydrogens (tertiary/aromatic N) is 2. The highest BCUT2D eigenvalue weighted by Crippen LogP contribution is 2.24. The Hall–Kier alpha value is -2.71. The van der Waals surface area contributed by atoms with E-state index in [1.54, 1.807) is 4.90 Å². The minimum absolute atomic E-state index is 0.159. The van der Waals surface area contributed by atoms with Crippen molar-refractivity contribution in [3.05, 3.63) is 65.2 Å². The van der Waals surface area contributed by atoms with Crippen LogP contribution in [0, 0.1) is 5.92 Å². The zero-order chi connectivity index (χ0) is 22.7. The molecule has 0 unspecified atom stereocenters. The minimum atomic E-state index is -3.57. The van der Waals surface area contributed by atoms with Crippen LogP contribution in [0.1, 0.15) is 41.3 Å². The Bertz CT molecular complexity index is 1090. The number of hydrogen-bond donors (Lipinski definition) is 0. The van der Waals surface area contributed by atoms with Crippen molar-refractivity contribution in [2.24, 2.45) is 5.92 Å². The Morgan fingerprint density at radius 3 is 2.31 bits per heavy atom. The van der Waals surface area contributed by atoms with Crippen LogP contribution in [-0.4, -0.2) is 55.7 Å². The Labute approximate surface area is 189 Å². The molecule has 1 fully saturated rings. The fourth-order valence-electron chi connectivity index (χ4n) is 4.15. The van der Waals surface area contributed by atoms with Crippen LogP contribution in [0.5, 0.6) is 0 Å². The summed E-state index contributed by atoms with van der Waals surface area (Å²) in [5.41, 5.74) is 2.56. The van der Waals surface area contributed by atoms with Gasteiger partial charge in [-0.15, -0.1) is 0 Å². The third-order valence-corrected chi connectivity index (χ3v) is 8.19. The van der Waals surface area contributed by atoms with E-state index in [4.69, 9.17) is 4.74 Å². The van der Waals surface area contributed by atoms with E-state index >= 15 is 0 Å². The number of hydrogen-bond acceptors (Lipinski definition) is 5. The Kier molecular flexibility index (Phi) is 6.62. The lowest BCUT2D eigenvalue weighted by Gasteiger charge is -2.29. The van der Waals surface area contributed by atoms with E-state index < -0.39 is 16.0 Å². The maximum absolute atomic E-state index is 12.8. The third kappa shape index (κ3) is 4.86. The number of ether oxygens (including phenoxy) is 1. The van der Waals surface area contributed by atoms with E-state index in [1.165, 1.54) is 34.1 Å². The van der Waals surface area contributed by atoms with Gasteiger partial charge in [0.05, 0.1) is 10.5 Å². The molecular formula is C24H28N2O5S. The number of fused-ring (bicyclic) bond motifs is 1. The molecule has 2 aromatic rings. The molecule has 0 spiro atoms. The summed E-state index contributed by atoms with van der Waals surface area (Å²) in [6.07, 6.45) is 2.47. The molecule has 0 aliphatic carbocycles. The van der Waals surface area contributed by atoms with Gasteiger partial charge in [0.25, 0.3) is 5.91 Å². The van der Waals surface area contributed by atoms with Crippen molar-refractivity contribution in [2.75, 3.05) is 26.2 Å². The number of rotatable bonds is 5. The maximum Gasteiger partial charge on any atom is 0.338 e. The molecule has 0 saturated carbocycles. The molecule has 0 bridgehead atoms. The fraction of sp³-hybridized carbons (Fsp3) is 0.417. The minimum Gasteiger partial charge on any atom is -0.452 e. The van der Waals surface area contributed by atoms with Crippen molar-refractivity contribution in [1.82, 2.24) is 9.21 Å². The van der Waals surface area contributed by atoms with Crippen LogP contribution in [0.25, 0.3) is 0 Å². The summed E-state index contributed by atoms with van der Waals surface area (Å²) in [4.78, 5) is 26.7. The van der Waals surface area contributed by atoms with Crippen molar-refractivity contribution in [3.63, 3.8) is 0 Å². The highest BCUT2D eigenvalue weighted by molar-refractivity contribution is 7.89. The number of piperidine rings is 1. The number of amides is 1. The first kappa shape index (κ1) is 22.5. The Morgan fingerprint density at radius 2 is 1.62 bits per heavy atom. The normalized spacial score (nSPS) is 17.6. The molecule has 0 aromatic heterocycles. The summed E-state index contributed by atoms with van der Waals surface area (Å²) in [5.74, 6) is -0.362. The number of benzene rings is 2. The molecule has 2 heterocycles. The Balaban J connectivity index is 1.33. The second kappa shape index (κ2) is 9.42. The lowest BCUT2D eigenvalue weighted by molar-refractivity contribution is -0.135. The predicted molar refractivity (Wildman–Crippen MR) is 119 cm³/mol. The maximum atomic E-state index is 12.8. The van der Waals surface area contributed by atoms with E-state index in [0.29, 0.717) is 32.1 Å². The zero-order valence-electron chi connectivity index (χ0n) is 18.2. The molecule has 0 atom stereocenters. The first-order chi connectivity index (χ1) is 15.3. The third-order valence-electron chi connectivity index (χ3n) is 6.28. The topological polar surface area (TPSA) is 84.0 Å². The summed E-state index contributed by atoms with van der Waals surface area (Å²) in [6.45, 7) is 3.91. The van der Waals surface area contributed by atoms with Crippen molar-refractivity contribution < 1.29 is 22.7 Å². The van der Waals surface area contributed by atoms with Crippen LogP contribution in [0.15, 0.2) is 53.4 Å². The van der Waals surface area contributed by atoms with Crippen LogP contribution in [0.4, 0.5) is 0 Å². The molecule has 0 N–H and O–H groups in total. The van der Waals surface area contributed by atoms with Crippen LogP contribution in [0.2, 0.25) is 0 Å². The quantitative estimate of drug-likeness (QED) is 0.646. The van der Waals surface area contributed by atoms with E-state index in [-0.39, 0.29) is 23.0 Å². The molecule has 7 nitrogen and oxygen atoms in total. The smallest absolute Gasteiger partial charge is 0.338 e. The molecule has 1 saturated heterocycles. The molecular weight excluding hydrogens is 428 g/mol. The van der Waals surface area contributed by atoms with E-state index in [9.17, 15) is 18.0 Å². The Morgan fingerprint density at radius 1 is 0.969 bits per heavy atom. The van der Waals surface area contributed by atoms with Crippen LogP contribution >= 0.6 is 0 Å². The number of esters is 1. The monoisotopic (exact) mass is 456 g/mol. The van der Waals surface area contributed by atoms with Crippen LogP contribution < -0.4 is 0 Å². The molecule has 32 heavy (non-hydrogen) atoms.